The van der Waals surface area contributed by atoms with Gasteiger partial charge in [-0.05, 0) is 67.4 Å². The zero-order valence-electron chi connectivity index (χ0n) is 21.7. The Labute approximate surface area is 231 Å². The minimum Gasteiger partial charge on any atom is -0.462 e. The van der Waals surface area contributed by atoms with Crippen molar-refractivity contribution in [2.24, 2.45) is 0 Å². The van der Waals surface area contributed by atoms with Crippen LogP contribution in [0.3, 0.4) is 0 Å². The summed E-state index contributed by atoms with van der Waals surface area (Å²) in [6.45, 7) is 1.68. The fourth-order valence-corrected chi connectivity index (χ4v) is 6.30. The molecule has 0 spiro atoms. The molecule has 0 radical (unpaired) electrons. The van der Waals surface area contributed by atoms with Crippen molar-refractivity contribution in [3.63, 3.8) is 0 Å². The summed E-state index contributed by atoms with van der Waals surface area (Å²) in [6, 6.07) is 18.5. The lowest BCUT2D eigenvalue weighted by molar-refractivity contribution is 0.0485. The third kappa shape index (κ3) is 5.61. The van der Waals surface area contributed by atoms with E-state index in [1.807, 2.05) is 4.90 Å². The molecule has 1 saturated heterocycles. The lowest BCUT2D eigenvalue weighted by atomic mass is 10.1. The number of anilines is 1. The van der Waals surface area contributed by atoms with Gasteiger partial charge in [0.1, 0.15) is 5.82 Å². The molecule has 0 unspecified atom stereocenters. The predicted octanol–water partition coefficient (Wildman–Crippen LogP) is 3.57. The topological polar surface area (TPSA) is 104 Å². The van der Waals surface area contributed by atoms with E-state index in [1.165, 1.54) is 45.6 Å². The smallest absolute Gasteiger partial charge is 0.338 e. The van der Waals surface area contributed by atoms with Gasteiger partial charge < -0.3 is 9.64 Å². The summed E-state index contributed by atoms with van der Waals surface area (Å²) < 4.78 is 46.4. The lowest BCUT2D eigenvalue weighted by Gasteiger charge is -2.35. The van der Waals surface area contributed by atoms with Gasteiger partial charge in [0.2, 0.25) is 10.0 Å². The van der Waals surface area contributed by atoms with Gasteiger partial charge in [-0.3, -0.25) is 14.5 Å². The number of carbonyl (C=O) groups is 3. The molecule has 5 rings (SSSR count). The summed E-state index contributed by atoms with van der Waals surface area (Å²) in [7, 11) is -3.83. The Morgan fingerprint density at radius 3 is 2.12 bits per heavy atom. The highest BCUT2D eigenvalue weighted by atomic mass is 32.2. The second kappa shape index (κ2) is 11.6. The average Bonchev–Trinajstić information content (AvgIpc) is 3.22. The van der Waals surface area contributed by atoms with Crippen molar-refractivity contribution >= 4 is 33.5 Å². The van der Waals surface area contributed by atoms with Gasteiger partial charge in [0.05, 0.1) is 28.2 Å². The Morgan fingerprint density at radius 1 is 0.825 bits per heavy atom. The molecule has 11 heteroatoms. The van der Waals surface area contributed by atoms with Gasteiger partial charge in [-0.25, -0.2) is 17.6 Å². The highest BCUT2D eigenvalue weighted by Crippen LogP contribution is 2.24. The largest absolute Gasteiger partial charge is 0.462 e. The van der Waals surface area contributed by atoms with Crippen LogP contribution >= 0.6 is 0 Å². The second-order valence-electron chi connectivity index (χ2n) is 9.55. The molecule has 0 saturated carbocycles. The number of fused-ring (bicyclic) bond motifs is 1. The van der Waals surface area contributed by atoms with Gasteiger partial charge in [0.15, 0.2) is 0 Å². The van der Waals surface area contributed by atoms with E-state index in [1.54, 1.807) is 36.4 Å². The van der Waals surface area contributed by atoms with Gasteiger partial charge >= 0.3 is 5.97 Å². The highest BCUT2D eigenvalue weighted by molar-refractivity contribution is 7.89. The summed E-state index contributed by atoms with van der Waals surface area (Å²) in [5.74, 6) is -1.64. The van der Waals surface area contributed by atoms with Gasteiger partial charge in [-0.2, -0.15) is 4.31 Å². The molecule has 2 heterocycles. The quantitative estimate of drug-likeness (QED) is 0.222. The Bertz CT molecular complexity index is 1500. The number of hydrogen-bond donors (Lipinski definition) is 0. The molecule has 0 atom stereocenters. The molecule has 40 heavy (non-hydrogen) atoms. The first-order valence-electron chi connectivity index (χ1n) is 13.0. The Balaban J connectivity index is 1.11. The number of rotatable bonds is 9. The molecular weight excluding hydrogens is 537 g/mol. The Hall–Kier alpha value is -4.09. The standard InChI is InChI=1S/C29H28FN3O6S/c30-22-10-12-23(13-11-22)31-15-17-32(18-16-31)40(37,38)24-7-5-6-21(20-24)29(36)39-19-4-3-14-33-27(34)25-8-1-2-9-26(25)28(33)35/h1-2,5-13,20H,3-4,14-19H2. The molecule has 9 nitrogen and oxygen atoms in total. The van der Waals surface area contributed by atoms with E-state index in [9.17, 15) is 27.2 Å². The van der Waals surface area contributed by atoms with Gasteiger partial charge in [0, 0.05) is 38.4 Å². The van der Waals surface area contributed by atoms with E-state index in [2.05, 4.69) is 0 Å². The molecule has 2 amide bonds. The average molecular weight is 566 g/mol. The normalized spacial score (nSPS) is 15.8. The van der Waals surface area contributed by atoms with Crippen molar-refractivity contribution in [1.29, 1.82) is 0 Å². The number of sulfonamides is 1. The van der Waals surface area contributed by atoms with Crippen LogP contribution in [0.2, 0.25) is 0 Å². The fourth-order valence-electron chi connectivity index (χ4n) is 4.83. The van der Waals surface area contributed by atoms with Crippen LogP contribution in [-0.4, -0.2) is 74.7 Å². The van der Waals surface area contributed by atoms with Crippen LogP contribution in [0.15, 0.2) is 77.7 Å². The third-order valence-electron chi connectivity index (χ3n) is 7.03. The maximum atomic E-state index is 13.3. The first kappa shape index (κ1) is 27.5. The zero-order chi connectivity index (χ0) is 28.3. The summed E-state index contributed by atoms with van der Waals surface area (Å²) in [5.41, 5.74) is 1.73. The van der Waals surface area contributed by atoms with E-state index in [4.69, 9.17) is 4.74 Å². The van der Waals surface area contributed by atoms with Crippen LogP contribution in [0.1, 0.15) is 43.9 Å². The zero-order valence-corrected chi connectivity index (χ0v) is 22.5. The summed E-state index contributed by atoms with van der Waals surface area (Å²) in [4.78, 5) is 40.7. The molecule has 208 valence electrons. The molecule has 3 aromatic carbocycles. The van der Waals surface area contributed by atoms with Crippen molar-refractivity contribution in [1.82, 2.24) is 9.21 Å². The number of halogens is 1. The molecule has 0 aromatic heterocycles. The minimum absolute atomic E-state index is 0.00260. The van der Waals surface area contributed by atoms with E-state index in [-0.39, 0.29) is 54.3 Å². The summed E-state index contributed by atoms with van der Waals surface area (Å²) in [5, 5.41) is 0. The van der Waals surface area contributed by atoms with Crippen LogP contribution in [0, 0.1) is 5.82 Å². The van der Waals surface area contributed by atoms with E-state index >= 15 is 0 Å². The summed E-state index contributed by atoms with van der Waals surface area (Å²) in [6.07, 6.45) is 0.881. The highest BCUT2D eigenvalue weighted by Gasteiger charge is 2.34. The van der Waals surface area contributed by atoms with Crippen LogP contribution in [0.5, 0.6) is 0 Å². The van der Waals surface area contributed by atoms with Crippen LogP contribution in [0.25, 0.3) is 0 Å². The molecular formula is C29H28FN3O6S. The number of benzene rings is 3. The van der Waals surface area contributed by atoms with Crippen molar-refractivity contribution in [2.45, 2.75) is 17.7 Å². The number of ether oxygens (including phenoxy) is 1. The molecule has 1 fully saturated rings. The number of carbonyl (C=O) groups excluding carboxylic acids is 3. The Morgan fingerprint density at radius 2 is 1.48 bits per heavy atom. The molecule has 0 N–H and O–H groups in total. The monoisotopic (exact) mass is 565 g/mol. The summed E-state index contributed by atoms with van der Waals surface area (Å²) >= 11 is 0. The number of nitrogens with zero attached hydrogens (tertiary/aromatic N) is 3. The molecule has 0 aliphatic carbocycles. The maximum absolute atomic E-state index is 13.3. The molecule has 0 bridgehead atoms. The van der Waals surface area contributed by atoms with E-state index < -0.39 is 16.0 Å². The fraction of sp³-hybridized carbons (Fsp3) is 0.276. The van der Waals surface area contributed by atoms with Crippen molar-refractivity contribution < 1.29 is 31.9 Å². The van der Waals surface area contributed by atoms with Crippen molar-refractivity contribution in [3.8, 4) is 0 Å². The number of piperazine rings is 1. The number of hydrogen-bond acceptors (Lipinski definition) is 7. The van der Waals surface area contributed by atoms with E-state index in [0.29, 0.717) is 37.1 Å². The van der Waals surface area contributed by atoms with Gasteiger partial charge in [0.25, 0.3) is 11.8 Å². The lowest BCUT2D eigenvalue weighted by Crippen LogP contribution is -2.48. The third-order valence-corrected chi connectivity index (χ3v) is 8.92. The van der Waals surface area contributed by atoms with E-state index in [0.717, 1.165) is 5.69 Å². The molecule has 3 aromatic rings. The minimum atomic E-state index is -3.83. The van der Waals surface area contributed by atoms with Crippen LogP contribution in [-0.2, 0) is 14.8 Å². The van der Waals surface area contributed by atoms with Crippen molar-refractivity contribution in [2.75, 3.05) is 44.2 Å². The predicted molar refractivity (Wildman–Crippen MR) is 145 cm³/mol. The Kier molecular flexibility index (Phi) is 7.95. The van der Waals surface area contributed by atoms with Crippen LogP contribution in [0.4, 0.5) is 10.1 Å². The van der Waals surface area contributed by atoms with Gasteiger partial charge in [-0.15, -0.1) is 0 Å². The number of esters is 1. The number of unbranched alkanes of at least 4 members (excludes halogenated alkanes) is 1. The maximum Gasteiger partial charge on any atom is 0.338 e. The molecule has 2 aliphatic heterocycles. The SMILES string of the molecule is O=C(OCCCCN1C(=O)c2ccccc2C1=O)c1cccc(S(=O)(=O)N2CCN(c3ccc(F)cc3)CC2)c1. The van der Waals surface area contributed by atoms with Gasteiger partial charge in [-0.1, -0.05) is 18.2 Å². The number of amides is 2. The van der Waals surface area contributed by atoms with Crippen LogP contribution < -0.4 is 4.90 Å². The number of imide groups is 1. The first-order chi connectivity index (χ1) is 19.3. The molecule has 2 aliphatic rings. The first-order valence-corrected chi connectivity index (χ1v) is 14.4. The second-order valence-corrected chi connectivity index (χ2v) is 11.5. The van der Waals surface area contributed by atoms with Crippen molar-refractivity contribution in [3.05, 3.63) is 95.3 Å².